The molecule has 1 fully saturated rings. The van der Waals surface area contributed by atoms with E-state index in [2.05, 4.69) is 4.74 Å². The SMILES string of the molecule is O=C1N[C@@H](c2c(Cl)ccc(Cl)c2Cl)C(F)(F)CO1. The van der Waals surface area contributed by atoms with Gasteiger partial charge in [0.05, 0.1) is 10.0 Å². The van der Waals surface area contributed by atoms with E-state index in [1.54, 1.807) is 0 Å². The lowest BCUT2D eigenvalue weighted by Gasteiger charge is -2.32. The fourth-order valence-corrected chi connectivity index (χ4v) is 2.35. The molecule has 0 aliphatic carbocycles. The average molecular weight is 317 g/mol. The third-order valence-corrected chi connectivity index (χ3v) is 3.60. The molecule has 1 aromatic rings. The lowest BCUT2D eigenvalue weighted by molar-refractivity contribution is -0.104. The zero-order valence-electron chi connectivity index (χ0n) is 8.65. The van der Waals surface area contributed by atoms with E-state index in [0.717, 1.165) is 0 Å². The highest BCUT2D eigenvalue weighted by Crippen LogP contribution is 2.43. The van der Waals surface area contributed by atoms with Crippen molar-refractivity contribution in [2.24, 2.45) is 0 Å². The van der Waals surface area contributed by atoms with Crippen molar-refractivity contribution < 1.29 is 18.3 Å². The summed E-state index contributed by atoms with van der Waals surface area (Å²) in [4.78, 5) is 11.1. The molecule has 0 radical (unpaired) electrons. The zero-order valence-corrected chi connectivity index (χ0v) is 10.9. The number of carbonyl (C=O) groups is 1. The Morgan fingerprint density at radius 3 is 2.56 bits per heavy atom. The fraction of sp³-hybridized carbons (Fsp3) is 0.300. The number of nitrogens with one attached hydrogen (secondary N) is 1. The Labute approximate surface area is 116 Å². The van der Waals surface area contributed by atoms with Crippen LogP contribution in [-0.2, 0) is 4.74 Å². The molecule has 0 saturated carbocycles. The third-order valence-electron chi connectivity index (χ3n) is 2.45. The van der Waals surface area contributed by atoms with Crippen LogP contribution in [0.5, 0.6) is 0 Å². The Morgan fingerprint density at radius 1 is 1.28 bits per heavy atom. The molecule has 1 heterocycles. The van der Waals surface area contributed by atoms with Gasteiger partial charge < -0.3 is 10.1 Å². The minimum absolute atomic E-state index is 0.00345. The van der Waals surface area contributed by atoms with E-state index in [-0.39, 0.29) is 20.6 Å². The lowest BCUT2D eigenvalue weighted by Crippen LogP contribution is -2.49. The second-order valence-electron chi connectivity index (χ2n) is 3.67. The number of alkyl halides is 2. The molecule has 1 amide bonds. The van der Waals surface area contributed by atoms with Gasteiger partial charge in [-0.15, -0.1) is 0 Å². The summed E-state index contributed by atoms with van der Waals surface area (Å²) >= 11 is 17.5. The van der Waals surface area contributed by atoms with Crippen LogP contribution < -0.4 is 5.32 Å². The highest BCUT2D eigenvalue weighted by molar-refractivity contribution is 6.44. The normalized spacial score (nSPS) is 22.3. The summed E-state index contributed by atoms with van der Waals surface area (Å²) < 4.78 is 31.7. The Morgan fingerprint density at radius 2 is 1.89 bits per heavy atom. The first-order chi connectivity index (χ1) is 8.33. The van der Waals surface area contributed by atoms with E-state index in [1.165, 1.54) is 12.1 Å². The number of halogens is 5. The molecule has 1 aliphatic heterocycles. The Balaban J connectivity index is 2.52. The summed E-state index contributed by atoms with van der Waals surface area (Å²) in [6.07, 6.45) is -0.960. The molecule has 1 atom stereocenters. The van der Waals surface area contributed by atoms with Gasteiger partial charge in [-0.05, 0) is 12.1 Å². The Bertz CT molecular complexity index is 510. The Kier molecular flexibility index (Phi) is 3.58. The zero-order chi connectivity index (χ0) is 13.5. The second kappa shape index (κ2) is 4.72. The number of hydrogen-bond acceptors (Lipinski definition) is 2. The van der Waals surface area contributed by atoms with Gasteiger partial charge >= 0.3 is 12.0 Å². The van der Waals surface area contributed by atoms with E-state index in [0.29, 0.717) is 0 Å². The smallest absolute Gasteiger partial charge is 0.408 e. The summed E-state index contributed by atoms with van der Waals surface area (Å²) in [5, 5.41) is 1.95. The maximum atomic E-state index is 13.7. The third kappa shape index (κ3) is 2.35. The van der Waals surface area contributed by atoms with Gasteiger partial charge in [0.2, 0.25) is 0 Å². The number of ether oxygens (including phenoxy) is 1. The number of hydrogen-bond donors (Lipinski definition) is 1. The second-order valence-corrected chi connectivity index (χ2v) is 4.86. The van der Waals surface area contributed by atoms with Gasteiger partial charge in [0, 0.05) is 10.6 Å². The molecular weight excluding hydrogens is 310 g/mol. The number of benzene rings is 1. The van der Waals surface area contributed by atoms with Crippen molar-refractivity contribution in [3.8, 4) is 0 Å². The molecule has 1 N–H and O–H groups in total. The molecule has 2 rings (SSSR count). The summed E-state index contributed by atoms with van der Waals surface area (Å²) in [6.45, 7) is -1.04. The Hall–Kier alpha value is -0.780. The van der Waals surface area contributed by atoms with Gasteiger partial charge in [-0.1, -0.05) is 34.8 Å². The van der Waals surface area contributed by atoms with Crippen LogP contribution in [0.25, 0.3) is 0 Å². The predicted octanol–water partition coefficient (Wildman–Crippen LogP) is 4.06. The molecular formula is C10H6Cl3F2NO2. The van der Waals surface area contributed by atoms with Crippen LogP contribution in [0.3, 0.4) is 0 Å². The number of cyclic esters (lactones) is 1. The van der Waals surface area contributed by atoms with Crippen LogP contribution in [-0.4, -0.2) is 18.6 Å². The van der Waals surface area contributed by atoms with Crippen molar-refractivity contribution in [1.29, 1.82) is 0 Å². The number of alkyl carbamates (subject to hydrolysis) is 1. The van der Waals surface area contributed by atoms with E-state index in [4.69, 9.17) is 34.8 Å². The molecule has 8 heteroatoms. The lowest BCUT2D eigenvalue weighted by atomic mass is 10.00. The largest absolute Gasteiger partial charge is 0.443 e. The minimum atomic E-state index is -3.33. The van der Waals surface area contributed by atoms with Crippen LogP contribution in [0.4, 0.5) is 13.6 Å². The maximum absolute atomic E-state index is 13.7. The van der Waals surface area contributed by atoms with Crippen LogP contribution in [0.1, 0.15) is 11.6 Å². The van der Waals surface area contributed by atoms with Crippen molar-refractivity contribution in [3.63, 3.8) is 0 Å². The fourth-order valence-electron chi connectivity index (χ4n) is 1.60. The molecule has 3 nitrogen and oxygen atoms in total. The van der Waals surface area contributed by atoms with E-state index in [1.807, 2.05) is 5.32 Å². The first-order valence-electron chi connectivity index (χ1n) is 4.77. The van der Waals surface area contributed by atoms with Crippen LogP contribution in [0.2, 0.25) is 15.1 Å². The number of rotatable bonds is 1. The molecule has 0 aromatic heterocycles. The summed E-state index contributed by atoms with van der Waals surface area (Å²) in [7, 11) is 0. The highest BCUT2D eigenvalue weighted by Gasteiger charge is 2.48. The van der Waals surface area contributed by atoms with Crippen LogP contribution in [0.15, 0.2) is 12.1 Å². The first-order valence-corrected chi connectivity index (χ1v) is 5.91. The van der Waals surface area contributed by atoms with Crippen LogP contribution >= 0.6 is 34.8 Å². The molecule has 0 bridgehead atoms. The van der Waals surface area contributed by atoms with Gasteiger partial charge in [-0.25, -0.2) is 13.6 Å². The number of amides is 1. The van der Waals surface area contributed by atoms with Crippen LogP contribution in [0, 0.1) is 0 Å². The van der Waals surface area contributed by atoms with Gasteiger partial charge in [-0.3, -0.25) is 0 Å². The average Bonchev–Trinajstić information content (AvgIpc) is 2.29. The summed E-state index contributed by atoms with van der Waals surface area (Å²) in [5.74, 6) is -3.33. The summed E-state index contributed by atoms with van der Waals surface area (Å²) in [6, 6.07) is 1.05. The standard InChI is InChI=1S/C10H6Cl3F2NO2/c11-4-1-2-5(12)7(13)6(4)8-10(14,15)3-18-9(17)16-8/h1-2,8H,3H2,(H,16,17)/t8-/m0/s1. The minimum Gasteiger partial charge on any atom is -0.443 e. The molecule has 1 aliphatic rings. The topological polar surface area (TPSA) is 38.3 Å². The summed E-state index contributed by atoms with van der Waals surface area (Å²) in [5.41, 5.74) is -0.118. The maximum Gasteiger partial charge on any atom is 0.408 e. The molecule has 0 spiro atoms. The van der Waals surface area contributed by atoms with Gasteiger partial charge in [0.25, 0.3) is 0 Å². The molecule has 18 heavy (non-hydrogen) atoms. The first kappa shape index (κ1) is 13.6. The van der Waals surface area contributed by atoms with Crippen molar-refractivity contribution in [2.75, 3.05) is 6.61 Å². The van der Waals surface area contributed by atoms with Gasteiger partial charge in [0.1, 0.15) is 6.04 Å². The van der Waals surface area contributed by atoms with Crippen molar-refractivity contribution in [1.82, 2.24) is 5.32 Å². The van der Waals surface area contributed by atoms with E-state index >= 15 is 0 Å². The monoisotopic (exact) mass is 315 g/mol. The predicted molar refractivity (Wildman–Crippen MR) is 63.6 cm³/mol. The van der Waals surface area contributed by atoms with E-state index < -0.39 is 24.7 Å². The highest BCUT2D eigenvalue weighted by atomic mass is 35.5. The van der Waals surface area contributed by atoms with E-state index in [9.17, 15) is 13.6 Å². The van der Waals surface area contributed by atoms with Gasteiger partial charge in [-0.2, -0.15) is 0 Å². The van der Waals surface area contributed by atoms with Gasteiger partial charge in [0.15, 0.2) is 6.61 Å². The molecule has 1 saturated heterocycles. The quantitative estimate of drug-likeness (QED) is 0.793. The van der Waals surface area contributed by atoms with Crippen molar-refractivity contribution in [2.45, 2.75) is 12.0 Å². The van der Waals surface area contributed by atoms with Crippen molar-refractivity contribution >= 4 is 40.9 Å². The molecule has 0 unspecified atom stereocenters. The molecule has 1 aromatic carbocycles. The van der Waals surface area contributed by atoms with Crippen molar-refractivity contribution in [3.05, 3.63) is 32.8 Å². The molecule has 98 valence electrons. The number of carbonyl (C=O) groups excluding carboxylic acids is 1.